The molecular formula is C8H9N3. The number of aromatic amines is 1. The Balaban J connectivity index is 2.29. The van der Waals surface area contributed by atoms with E-state index in [1.54, 1.807) is 6.20 Å². The first kappa shape index (κ1) is 6.41. The molecule has 1 aliphatic carbocycles. The van der Waals surface area contributed by atoms with Crippen LogP contribution in [0, 0.1) is 11.3 Å². The Morgan fingerprint density at radius 2 is 2.45 bits per heavy atom. The summed E-state index contributed by atoms with van der Waals surface area (Å²) in [6.45, 7) is 0. The van der Waals surface area contributed by atoms with Gasteiger partial charge in [-0.25, -0.2) is 0 Å². The molecule has 3 nitrogen and oxygen atoms in total. The summed E-state index contributed by atoms with van der Waals surface area (Å²) in [4.78, 5) is 0. The van der Waals surface area contributed by atoms with Crippen LogP contribution in [0.25, 0.3) is 0 Å². The second-order valence-corrected chi connectivity index (χ2v) is 2.94. The molecule has 1 fully saturated rings. The van der Waals surface area contributed by atoms with Crippen molar-refractivity contribution < 1.29 is 0 Å². The lowest BCUT2D eigenvalue weighted by Crippen LogP contribution is -2.10. The average molecular weight is 147 g/mol. The van der Waals surface area contributed by atoms with Crippen molar-refractivity contribution in [2.45, 2.75) is 25.2 Å². The van der Waals surface area contributed by atoms with Gasteiger partial charge in [0, 0.05) is 5.92 Å². The van der Waals surface area contributed by atoms with Crippen LogP contribution in [0.15, 0.2) is 6.20 Å². The van der Waals surface area contributed by atoms with E-state index in [-0.39, 0.29) is 0 Å². The first-order chi connectivity index (χ1) is 5.42. The van der Waals surface area contributed by atoms with E-state index in [0.717, 1.165) is 11.3 Å². The van der Waals surface area contributed by atoms with Crippen molar-refractivity contribution in [1.82, 2.24) is 10.2 Å². The summed E-state index contributed by atoms with van der Waals surface area (Å²) in [7, 11) is 0. The molecule has 2 rings (SSSR count). The van der Waals surface area contributed by atoms with Crippen molar-refractivity contribution in [3.05, 3.63) is 17.5 Å². The Labute approximate surface area is 65.0 Å². The minimum Gasteiger partial charge on any atom is -0.281 e. The van der Waals surface area contributed by atoms with E-state index in [4.69, 9.17) is 5.26 Å². The first-order valence-corrected chi connectivity index (χ1v) is 3.85. The van der Waals surface area contributed by atoms with Gasteiger partial charge >= 0.3 is 0 Å². The van der Waals surface area contributed by atoms with Gasteiger partial charge in [0.1, 0.15) is 6.07 Å². The minimum absolute atomic E-state index is 0.576. The molecule has 0 aromatic carbocycles. The largest absolute Gasteiger partial charge is 0.281 e. The zero-order valence-electron chi connectivity index (χ0n) is 6.17. The second-order valence-electron chi connectivity index (χ2n) is 2.94. The molecule has 1 aromatic heterocycles. The van der Waals surface area contributed by atoms with Crippen LogP contribution in [-0.2, 0) is 0 Å². The predicted molar refractivity (Wildman–Crippen MR) is 39.9 cm³/mol. The molecule has 56 valence electrons. The van der Waals surface area contributed by atoms with Gasteiger partial charge in [-0.15, -0.1) is 0 Å². The third-order valence-electron chi connectivity index (χ3n) is 2.30. The molecular weight excluding hydrogens is 138 g/mol. The standard InChI is InChI=1S/C8H9N3/c9-4-7-5-10-11-8(7)6-2-1-3-6/h5-6H,1-3H2,(H,10,11). The van der Waals surface area contributed by atoms with Crippen LogP contribution in [0.4, 0.5) is 0 Å². The number of aromatic nitrogens is 2. The maximum atomic E-state index is 8.67. The van der Waals surface area contributed by atoms with Crippen molar-refractivity contribution in [3.63, 3.8) is 0 Å². The molecule has 1 heterocycles. The van der Waals surface area contributed by atoms with E-state index in [1.165, 1.54) is 19.3 Å². The lowest BCUT2D eigenvalue weighted by molar-refractivity contribution is 0.410. The Morgan fingerprint density at radius 3 is 3.00 bits per heavy atom. The fourth-order valence-corrected chi connectivity index (χ4v) is 1.39. The smallest absolute Gasteiger partial charge is 0.103 e. The molecule has 0 radical (unpaired) electrons. The van der Waals surface area contributed by atoms with Crippen molar-refractivity contribution >= 4 is 0 Å². The van der Waals surface area contributed by atoms with Gasteiger partial charge in [0.25, 0.3) is 0 Å². The molecule has 1 aliphatic rings. The number of nitrogens with one attached hydrogen (secondary N) is 1. The van der Waals surface area contributed by atoms with Crippen LogP contribution in [0.3, 0.4) is 0 Å². The van der Waals surface area contributed by atoms with E-state index in [2.05, 4.69) is 16.3 Å². The average Bonchev–Trinajstić information content (AvgIpc) is 2.32. The summed E-state index contributed by atoms with van der Waals surface area (Å²) in [5, 5.41) is 15.4. The third kappa shape index (κ3) is 0.911. The molecule has 0 aliphatic heterocycles. The highest BCUT2D eigenvalue weighted by molar-refractivity contribution is 5.33. The Kier molecular flexibility index (Phi) is 1.39. The summed E-state index contributed by atoms with van der Waals surface area (Å²) in [6.07, 6.45) is 5.30. The van der Waals surface area contributed by atoms with Gasteiger partial charge < -0.3 is 0 Å². The summed E-state index contributed by atoms with van der Waals surface area (Å²) in [5.74, 6) is 0.576. The van der Waals surface area contributed by atoms with Gasteiger partial charge in [-0.3, -0.25) is 5.10 Å². The number of H-pyrrole nitrogens is 1. The number of hydrogen-bond acceptors (Lipinski definition) is 2. The van der Waals surface area contributed by atoms with E-state index >= 15 is 0 Å². The molecule has 0 amide bonds. The highest BCUT2D eigenvalue weighted by Crippen LogP contribution is 2.36. The molecule has 0 spiro atoms. The van der Waals surface area contributed by atoms with Crippen molar-refractivity contribution in [3.8, 4) is 6.07 Å². The van der Waals surface area contributed by atoms with E-state index in [9.17, 15) is 0 Å². The topological polar surface area (TPSA) is 52.5 Å². The number of nitrogens with zero attached hydrogens (tertiary/aromatic N) is 2. The molecule has 3 heteroatoms. The van der Waals surface area contributed by atoms with Crippen LogP contribution in [0.1, 0.15) is 36.4 Å². The van der Waals surface area contributed by atoms with Crippen LogP contribution < -0.4 is 0 Å². The van der Waals surface area contributed by atoms with Crippen LogP contribution in [0.5, 0.6) is 0 Å². The first-order valence-electron chi connectivity index (χ1n) is 3.85. The second kappa shape index (κ2) is 2.39. The highest BCUT2D eigenvalue weighted by Gasteiger charge is 2.23. The summed E-state index contributed by atoms with van der Waals surface area (Å²) in [5.41, 5.74) is 1.76. The quantitative estimate of drug-likeness (QED) is 0.655. The molecule has 1 saturated carbocycles. The minimum atomic E-state index is 0.576. The number of hydrogen-bond donors (Lipinski definition) is 1. The maximum Gasteiger partial charge on any atom is 0.103 e. The fourth-order valence-electron chi connectivity index (χ4n) is 1.39. The van der Waals surface area contributed by atoms with E-state index in [0.29, 0.717) is 5.92 Å². The lowest BCUT2D eigenvalue weighted by atomic mass is 9.82. The summed E-state index contributed by atoms with van der Waals surface area (Å²) < 4.78 is 0. The van der Waals surface area contributed by atoms with Crippen LogP contribution in [-0.4, -0.2) is 10.2 Å². The molecule has 0 bridgehead atoms. The predicted octanol–water partition coefficient (Wildman–Crippen LogP) is 1.55. The normalized spacial score (nSPS) is 17.4. The maximum absolute atomic E-state index is 8.67. The van der Waals surface area contributed by atoms with Gasteiger partial charge in [-0.2, -0.15) is 10.4 Å². The molecule has 11 heavy (non-hydrogen) atoms. The van der Waals surface area contributed by atoms with Crippen molar-refractivity contribution in [2.24, 2.45) is 0 Å². The van der Waals surface area contributed by atoms with Crippen molar-refractivity contribution in [1.29, 1.82) is 5.26 Å². The zero-order valence-corrected chi connectivity index (χ0v) is 6.17. The van der Waals surface area contributed by atoms with Gasteiger partial charge in [0.15, 0.2) is 0 Å². The van der Waals surface area contributed by atoms with Gasteiger partial charge in [-0.1, -0.05) is 6.42 Å². The van der Waals surface area contributed by atoms with Gasteiger partial charge in [-0.05, 0) is 12.8 Å². The molecule has 1 aromatic rings. The monoisotopic (exact) mass is 147 g/mol. The van der Waals surface area contributed by atoms with Crippen LogP contribution in [0.2, 0.25) is 0 Å². The number of rotatable bonds is 1. The number of nitriles is 1. The van der Waals surface area contributed by atoms with Gasteiger partial charge in [0.05, 0.1) is 17.5 Å². The van der Waals surface area contributed by atoms with Gasteiger partial charge in [0.2, 0.25) is 0 Å². The molecule has 0 unspecified atom stereocenters. The molecule has 0 saturated heterocycles. The molecule has 0 atom stereocenters. The third-order valence-corrected chi connectivity index (χ3v) is 2.30. The van der Waals surface area contributed by atoms with E-state index in [1.807, 2.05) is 0 Å². The SMILES string of the molecule is N#Cc1cn[nH]c1C1CCC1. The van der Waals surface area contributed by atoms with Crippen LogP contribution >= 0.6 is 0 Å². The fraction of sp³-hybridized carbons (Fsp3) is 0.500. The summed E-state index contributed by atoms with van der Waals surface area (Å²) >= 11 is 0. The Bertz CT molecular complexity index is 291. The van der Waals surface area contributed by atoms with E-state index < -0.39 is 0 Å². The summed E-state index contributed by atoms with van der Waals surface area (Å²) in [6, 6.07) is 2.13. The zero-order chi connectivity index (χ0) is 7.68. The molecule has 1 N–H and O–H groups in total. The lowest BCUT2D eigenvalue weighted by Gasteiger charge is -2.23. The Morgan fingerprint density at radius 1 is 1.64 bits per heavy atom. The highest BCUT2D eigenvalue weighted by atomic mass is 15.1. The van der Waals surface area contributed by atoms with Crippen molar-refractivity contribution in [2.75, 3.05) is 0 Å². The Hall–Kier alpha value is -1.30.